The normalized spacial score (nSPS) is 10.5. The van der Waals surface area contributed by atoms with Gasteiger partial charge in [-0.05, 0) is 6.92 Å². The second-order valence-corrected chi connectivity index (χ2v) is 4.40. The van der Waals surface area contributed by atoms with Crippen LogP contribution in [0.4, 0.5) is 5.82 Å². The van der Waals surface area contributed by atoms with Crippen LogP contribution in [0.2, 0.25) is 0 Å². The Hall–Kier alpha value is -2.64. The number of aromatic nitrogens is 4. The number of aromatic amines is 1. The zero-order chi connectivity index (χ0) is 14.7. The van der Waals surface area contributed by atoms with Gasteiger partial charge in [0.25, 0.3) is 5.56 Å². The number of H-pyrrole nitrogens is 1. The Labute approximate surface area is 114 Å². The van der Waals surface area contributed by atoms with Gasteiger partial charge in [-0.1, -0.05) is 0 Å². The Morgan fingerprint density at radius 3 is 2.80 bits per heavy atom. The third-order valence-electron chi connectivity index (χ3n) is 2.75. The minimum atomic E-state index is -0.526. The Kier molecular flexibility index (Phi) is 3.83. The fraction of sp³-hybridized carbons (Fsp3) is 0.333. The van der Waals surface area contributed by atoms with E-state index in [0.29, 0.717) is 5.82 Å². The molecule has 2 aromatic rings. The summed E-state index contributed by atoms with van der Waals surface area (Å²) in [6.07, 6.45) is 1.48. The summed E-state index contributed by atoms with van der Waals surface area (Å²) in [5.41, 5.74) is -0.178. The Bertz CT molecular complexity index is 740. The third-order valence-corrected chi connectivity index (χ3v) is 2.75. The molecule has 0 aliphatic rings. The van der Waals surface area contributed by atoms with Gasteiger partial charge in [-0.25, -0.2) is 4.79 Å². The summed E-state index contributed by atoms with van der Waals surface area (Å²) in [6.45, 7) is 2.02. The van der Waals surface area contributed by atoms with Crippen LogP contribution in [0.3, 0.4) is 0 Å². The maximum atomic E-state index is 11.8. The second kappa shape index (κ2) is 5.55. The van der Waals surface area contributed by atoms with E-state index >= 15 is 0 Å². The number of amides is 1. The first-order chi connectivity index (χ1) is 9.45. The molecule has 8 heteroatoms. The number of aryl methyl sites for hydroxylation is 3. The van der Waals surface area contributed by atoms with Crippen molar-refractivity contribution in [3.8, 4) is 0 Å². The predicted octanol–water partition coefficient (Wildman–Crippen LogP) is -0.393. The molecule has 2 heterocycles. The van der Waals surface area contributed by atoms with Gasteiger partial charge in [0, 0.05) is 38.3 Å². The van der Waals surface area contributed by atoms with Crippen LogP contribution in [0.1, 0.15) is 12.1 Å². The highest BCUT2D eigenvalue weighted by Crippen LogP contribution is 2.08. The van der Waals surface area contributed by atoms with Gasteiger partial charge in [0.15, 0.2) is 0 Å². The molecule has 0 saturated heterocycles. The van der Waals surface area contributed by atoms with Gasteiger partial charge in [0.1, 0.15) is 5.82 Å². The van der Waals surface area contributed by atoms with Crippen LogP contribution in [0, 0.1) is 6.92 Å². The van der Waals surface area contributed by atoms with Crippen molar-refractivity contribution in [3.63, 3.8) is 0 Å². The van der Waals surface area contributed by atoms with Crippen molar-refractivity contribution in [3.05, 3.63) is 44.9 Å². The SMILES string of the molecule is Cc1cc(NC(=O)CCn2ccc(=O)[nH]c2=O)n(C)n1. The number of anilines is 1. The zero-order valence-electron chi connectivity index (χ0n) is 11.2. The molecule has 0 atom stereocenters. The van der Waals surface area contributed by atoms with Crippen LogP contribution in [-0.2, 0) is 18.4 Å². The molecule has 20 heavy (non-hydrogen) atoms. The number of carbonyl (C=O) groups is 1. The van der Waals surface area contributed by atoms with Crippen LogP contribution in [0.25, 0.3) is 0 Å². The summed E-state index contributed by atoms with van der Waals surface area (Å²) in [6, 6.07) is 2.99. The molecule has 0 fully saturated rings. The smallest absolute Gasteiger partial charge is 0.311 e. The first kappa shape index (κ1) is 13.8. The number of hydrogen-bond donors (Lipinski definition) is 2. The van der Waals surface area contributed by atoms with Crippen LogP contribution in [0.5, 0.6) is 0 Å². The van der Waals surface area contributed by atoms with Crippen molar-refractivity contribution in [2.75, 3.05) is 5.32 Å². The Morgan fingerprint density at radius 1 is 1.45 bits per heavy atom. The summed E-state index contributed by atoms with van der Waals surface area (Å²) in [4.78, 5) is 36.3. The maximum Gasteiger partial charge on any atom is 0.328 e. The maximum absolute atomic E-state index is 11.8. The first-order valence-corrected chi connectivity index (χ1v) is 6.06. The van der Waals surface area contributed by atoms with E-state index in [-0.39, 0.29) is 18.9 Å². The Morgan fingerprint density at radius 2 is 2.20 bits per heavy atom. The van der Waals surface area contributed by atoms with E-state index in [1.54, 1.807) is 17.8 Å². The van der Waals surface area contributed by atoms with Gasteiger partial charge in [0.05, 0.1) is 5.69 Å². The molecule has 0 radical (unpaired) electrons. The molecular formula is C12H15N5O3. The highest BCUT2D eigenvalue weighted by atomic mass is 16.2. The largest absolute Gasteiger partial charge is 0.328 e. The topological polar surface area (TPSA) is 102 Å². The van der Waals surface area contributed by atoms with E-state index in [1.165, 1.54) is 16.8 Å². The van der Waals surface area contributed by atoms with Gasteiger partial charge < -0.3 is 9.88 Å². The summed E-state index contributed by atoms with van der Waals surface area (Å²) in [5.74, 6) is 0.368. The molecule has 0 saturated carbocycles. The summed E-state index contributed by atoms with van der Waals surface area (Å²) >= 11 is 0. The number of nitrogens with one attached hydrogen (secondary N) is 2. The molecule has 0 bridgehead atoms. The van der Waals surface area contributed by atoms with Crippen molar-refractivity contribution in [1.82, 2.24) is 19.3 Å². The van der Waals surface area contributed by atoms with Gasteiger partial charge >= 0.3 is 5.69 Å². The average molecular weight is 277 g/mol. The molecule has 106 valence electrons. The van der Waals surface area contributed by atoms with E-state index in [4.69, 9.17) is 0 Å². The lowest BCUT2D eigenvalue weighted by molar-refractivity contribution is -0.116. The van der Waals surface area contributed by atoms with Crippen molar-refractivity contribution >= 4 is 11.7 Å². The van der Waals surface area contributed by atoms with Crippen LogP contribution >= 0.6 is 0 Å². The van der Waals surface area contributed by atoms with Crippen LogP contribution in [0.15, 0.2) is 27.9 Å². The van der Waals surface area contributed by atoms with E-state index in [2.05, 4.69) is 15.4 Å². The molecule has 0 aliphatic carbocycles. The monoisotopic (exact) mass is 277 g/mol. The number of carbonyl (C=O) groups excluding carboxylic acids is 1. The summed E-state index contributed by atoms with van der Waals surface area (Å²) < 4.78 is 2.84. The van der Waals surface area contributed by atoms with E-state index in [1.807, 2.05) is 6.92 Å². The minimum Gasteiger partial charge on any atom is -0.311 e. The molecule has 1 amide bonds. The number of rotatable bonds is 4. The lowest BCUT2D eigenvalue weighted by Gasteiger charge is -2.06. The number of nitrogens with zero attached hydrogens (tertiary/aromatic N) is 3. The summed E-state index contributed by atoms with van der Waals surface area (Å²) in [7, 11) is 1.73. The van der Waals surface area contributed by atoms with Crippen molar-refractivity contribution in [2.24, 2.45) is 7.05 Å². The Balaban J connectivity index is 1.97. The molecule has 2 rings (SSSR count). The quantitative estimate of drug-likeness (QED) is 0.794. The summed E-state index contributed by atoms with van der Waals surface area (Å²) in [5, 5.41) is 6.82. The predicted molar refractivity (Wildman–Crippen MR) is 72.5 cm³/mol. The fourth-order valence-corrected chi connectivity index (χ4v) is 1.78. The molecule has 0 spiro atoms. The highest BCUT2D eigenvalue weighted by molar-refractivity contribution is 5.89. The van der Waals surface area contributed by atoms with E-state index < -0.39 is 11.2 Å². The van der Waals surface area contributed by atoms with Crippen molar-refractivity contribution in [1.29, 1.82) is 0 Å². The van der Waals surface area contributed by atoms with Crippen molar-refractivity contribution in [2.45, 2.75) is 19.9 Å². The van der Waals surface area contributed by atoms with Gasteiger partial charge in [-0.15, -0.1) is 0 Å². The molecule has 8 nitrogen and oxygen atoms in total. The van der Waals surface area contributed by atoms with E-state index in [9.17, 15) is 14.4 Å². The van der Waals surface area contributed by atoms with Crippen LogP contribution in [-0.4, -0.2) is 25.2 Å². The second-order valence-electron chi connectivity index (χ2n) is 4.40. The van der Waals surface area contributed by atoms with Crippen LogP contribution < -0.4 is 16.6 Å². The molecule has 0 unspecified atom stereocenters. The van der Waals surface area contributed by atoms with Gasteiger partial charge in [-0.2, -0.15) is 5.10 Å². The van der Waals surface area contributed by atoms with Gasteiger partial charge in [0.2, 0.25) is 5.91 Å². The average Bonchev–Trinajstić information content (AvgIpc) is 2.66. The standard InChI is InChI=1S/C12H15N5O3/c1-8-7-9(16(2)15-8)13-10(18)3-5-17-6-4-11(19)14-12(17)20/h4,6-7H,3,5H2,1-2H3,(H,13,18)(H,14,19,20). The van der Waals surface area contributed by atoms with Crippen molar-refractivity contribution < 1.29 is 4.79 Å². The van der Waals surface area contributed by atoms with Gasteiger partial charge in [-0.3, -0.25) is 19.3 Å². The molecule has 2 N–H and O–H groups in total. The highest BCUT2D eigenvalue weighted by Gasteiger charge is 2.07. The lowest BCUT2D eigenvalue weighted by Crippen LogP contribution is -2.29. The zero-order valence-corrected chi connectivity index (χ0v) is 11.2. The number of hydrogen-bond acceptors (Lipinski definition) is 4. The lowest BCUT2D eigenvalue weighted by atomic mass is 10.3. The molecule has 2 aromatic heterocycles. The fourth-order valence-electron chi connectivity index (χ4n) is 1.78. The minimum absolute atomic E-state index is 0.121. The molecule has 0 aromatic carbocycles. The molecular weight excluding hydrogens is 262 g/mol. The first-order valence-electron chi connectivity index (χ1n) is 6.06. The molecule has 0 aliphatic heterocycles. The third kappa shape index (κ3) is 3.22. The van der Waals surface area contributed by atoms with E-state index in [0.717, 1.165) is 5.69 Å².